The fourth-order valence-electron chi connectivity index (χ4n) is 3.79. The van der Waals surface area contributed by atoms with Gasteiger partial charge in [0.25, 0.3) is 0 Å². The highest BCUT2D eigenvalue weighted by atomic mass is 16.5. The molecule has 1 unspecified atom stereocenters. The van der Waals surface area contributed by atoms with Gasteiger partial charge in [0.1, 0.15) is 0 Å². The number of ether oxygens (including phenoxy) is 1. The van der Waals surface area contributed by atoms with Crippen molar-refractivity contribution in [2.24, 2.45) is 5.92 Å². The average molecular weight is 384 g/mol. The van der Waals surface area contributed by atoms with E-state index in [4.69, 9.17) is 4.74 Å². The number of hydrogen-bond acceptors (Lipinski definition) is 3. The Labute approximate surface area is 171 Å². The predicted octanol–water partition coefficient (Wildman–Crippen LogP) is 6.86. The summed E-state index contributed by atoms with van der Waals surface area (Å²) in [6, 6.07) is 0. The lowest BCUT2D eigenvalue weighted by atomic mass is 9.94. The molecule has 1 N–H and O–H groups in total. The molecule has 1 heterocycles. The van der Waals surface area contributed by atoms with Crippen molar-refractivity contribution in [2.45, 2.75) is 83.5 Å². The molecule has 0 aromatic heterocycles. The standard InChI is InChI=1S/C25H37NO2/c1-2-15-22-16-11-8-6-4-3-5-7-9-12-17-23(20-19-22)25(27)28-24-18-13-10-14-21-26-24/h2,10,13-14,18-19,21,23,26H,1,3-9,11-12,15-17,20H2. The first-order valence-corrected chi connectivity index (χ1v) is 11.1. The fraction of sp³-hybridized carbons (Fsp3) is 0.560. The van der Waals surface area contributed by atoms with E-state index in [0.29, 0.717) is 5.88 Å². The Morgan fingerprint density at radius 2 is 1.75 bits per heavy atom. The molecule has 2 aliphatic rings. The summed E-state index contributed by atoms with van der Waals surface area (Å²) in [6.07, 6.45) is 28.7. The minimum absolute atomic E-state index is 0.0798. The summed E-state index contributed by atoms with van der Waals surface area (Å²) in [5, 5.41) is 3.02. The molecule has 1 atom stereocenters. The Morgan fingerprint density at radius 3 is 2.50 bits per heavy atom. The summed E-state index contributed by atoms with van der Waals surface area (Å²) in [7, 11) is 0. The van der Waals surface area contributed by atoms with Crippen LogP contribution in [0.2, 0.25) is 0 Å². The van der Waals surface area contributed by atoms with Gasteiger partial charge in [0.15, 0.2) is 0 Å². The van der Waals surface area contributed by atoms with Gasteiger partial charge in [0.2, 0.25) is 5.88 Å². The highest BCUT2D eigenvalue weighted by Gasteiger charge is 2.20. The van der Waals surface area contributed by atoms with E-state index < -0.39 is 0 Å². The molecule has 0 spiro atoms. The molecule has 1 aliphatic heterocycles. The highest BCUT2D eigenvalue weighted by molar-refractivity contribution is 5.73. The van der Waals surface area contributed by atoms with Gasteiger partial charge in [-0.25, -0.2) is 0 Å². The summed E-state index contributed by atoms with van der Waals surface area (Å²) < 4.78 is 5.65. The molecule has 0 aromatic carbocycles. The van der Waals surface area contributed by atoms with E-state index in [1.165, 1.54) is 56.9 Å². The first-order chi connectivity index (χ1) is 13.8. The van der Waals surface area contributed by atoms with Crippen molar-refractivity contribution in [3.8, 4) is 0 Å². The zero-order valence-corrected chi connectivity index (χ0v) is 17.3. The van der Waals surface area contributed by atoms with Gasteiger partial charge in [-0.15, -0.1) is 6.58 Å². The molecule has 0 radical (unpaired) electrons. The molecule has 2 rings (SSSR count). The number of carbonyl (C=O) groups excluding carboxylic acids is 1. The molecule has 0 saturated heterocycles. The smallest absolute Gasteiger partial charge is 0.315 e. The lowest BCUT2D eigenvalue weighted by Crippen LogP contribution is -2.21. The first-order valence-electron chi connectivity index (χ1n) is 11.1. The number of rotatable bonds is 4. The molecule has 0 aromatic rings. The molecule has 154 valence electrons. The molecule has 0 saturated carbocycles. The molecular weight excluding hydrogens is 346 g/mol. The third-order valence-corrected chi connectivity index (χ3v) is 5.48. The average Bonchev–Trinajstić information content (AvgIpc) is 2.96. The third kappa shape index (κ3) is 9.25. The van der Waals surface area contributed by atoms with Gasteiger partial charge < -0.3 is 10.1 Å². The van der Waals surface area contributed by atoms with Crippen molar-refractivity contribution in [1.82, 2.24) is 5.32 Å². The van der Waals surface area contributed by atoms with Crippen LogP contribution < -0.4 is 5.32 Å². The molecule has 0 bridgehead atoms. The SMILES string of the molecule is C=CCC1=CCC(C(=O)OC2=CC=CC=CN2)CCCCCCCCCCC1. The van der Waals surface area contributed by atoms with Gasteiger partial charge in [-0.05, 0) is 44.3 Å². The van der Waals surface area contributed by atoms with Crippen LogP contribution in [0.1, 0.15) is 83.5 Å². The van der Waals surface area contributed by atoms with Gasteiger partial charge in [-0.1, -0.05) is 81.2 Å². The number of carbonyl (C=O) groups is 1. The predicted molar refractivity (Wildman–Crippen MR) is 117 cm³/mol. The van der Waals surface area contributed by atoms with E-state index in [-0.39, 0.29) is 11.9 Å². The minimum atomic E-state index is -0.124. The molecular formula is C25H37NO2. The van der Waals surface area contributed by atoms with Crippen molar-refractivity contribution in [2.75, 3.05) is 0 Å². The zero-order valence-electron chi connectivity index (χ0n) is 17.3. The number of esters is 1. The third-order valence-electron chi connectivity index (χ3n) is 5.48. The van der Waals surface area contributed by atoms with Crippen molar-refractivity contribution < 1.29 is 9.53 Å². The van der Waals surface area contributed by atoms with Gasteiger partial charge in [0.05, 0.1) is 5.92 Å². The van der Waals surface area contributed by atoms with Crippen LogP contribution in [0.15, 0.2) is 60.7 Å². The van der Waals surface area contributed by atoms with Crippen LogP contribution in [-0.2, 0) is 9.53 Å². The van der Waals surface area contributed by atoms with Crippen molar-refractivity contribution in [1.29, 1.82) is 0 Å². The quantitative estimate of drug-likeness (QED) is 0.426. The van der Waals surface area contributed by atoms with Crippen molar-refractivity contribution in [3.05, 3.63) is 60.7 Å². The molecule has 0 fully saturated rings. The largest absolute Gasteiger partial charge is 0.409 e. The van der Waals surface area contributed by atoms with Crippen LogP contribution in [0.4, 0.5) is 0 Å². The van der Waals surface area contributed by atoms with Crippen LogP contribution in [0, 0.1) is 5.92 Å². The topological polar surface area (TPSA) is 38.3 Å². The van der Waals surface area contributed by atoms with Gasteiger partial charge in [-0.2, -0.15) is 0 Å². The van der Waals surface area contributed by atoms with E-state index in [1.807, 2.05) is 24.3 Å². The van der Waals surface area contributed by atoms with E-state index in [2.05, 4.69) is 18.0 Å². The Hall–Kier alpha value is -2.03. The van der Waals surface area contributed by atoms with E-state index in [9.17, 15) is 4.79 Å². The van der Waals surface area contributed by atoms with Crippen LogP contribution in [0.25, 0.3) is 0 Å². The second-order valence-corrected chi connectivity index (χ2v) is 7.85. The first kappa shape index (κ1) is 22.3. The Bertz CT molecular complexity index is 598. The monoisotopic (exact) mass is 383 g/mol. The summed E-state index contributed by atoms with van der Waals surface area (Å²) in [6.45, 7) is 3.90. The molecule has 3 heteroatoms. The van der Waals surface area contributed by atoms with E-state index in [0.717, 1.165) is 32.1 Å². The second-order valence-electron chi connectivity index (χ2n) is 7.85. The Morgan fingerprint density at radius 1 is 1.04 bits per heavy atom. The maximum absolute atomic E-state index is 12.8. The second kappa shape index (κ2) is 14.0. The maximum atomic E-state index is 12.8. The van der Waals surface area contributed by atoms with Crippen LogP contribution in [0.3, 0.4) is 0 Å². The Balaban J connectivity index is 2.01. The zero-order chi connectivity index (χ0) is 19.9. The minimum Gasteiger partial charge on any atom is -0.409 e. The van der Waals surface area contributed by atoms with Crippen molar-refractivity contribution in [3.63, 3.8) is 0 Å². The number of allylic oxidation sites excluding steroid dienone is 7. The summed E-state index contributed by atoms with van der Waals surface area (Å²) in [5.41, 5.74) is 1.42. The van der Waals surface area contributed by atoms with Crippen LogP contribution >= 0.6 is 0 Å². The van der Waals surface area contributed by atoms with Gasteiger partial charge in [0, 0.05) is 6.20 Å². The van der Waals surface area contributed by atoms with Crippen LogP contribution in [0.5, 0.6) is 0 Å². The molecule has 28 heavy (non-hydrogen) atoms. The van der Waals surface area contributed by atoms with Crippen molar-refractivity contribution >= 4 is 5.97 Å². The Kier molecular flexibility index (Phi) is 11.2. The molecule has 0 amide bonds. The van der Waals surface area contributed by atoms with Gasteiger partial charge >= 0.3 is 5.97 Å². The maximum Gasteiger partial charge on any atom is 0.315 e. The summed E-state index contributed by atoms with van der Waals surface area (Å²) >= 11 is 0. The van der Waals surface area contributed by atoms with E-state index >= 15 is 0 Å². The van der Waals surface area contributed by atoms with E-state index in [1.54, 1.807) is 12.3 Å². The number of hydrogen-bond donors (Lipinski definition) is 1. The molecule has 3 nitrogen and oxygen atoms in total. The fourth-order valence-corrected chi connectivity index (χ4v) is 3.79. The number of nitrogens with one attached hydrogen (secondary N) is 1. The summed E-state index contributed by atoms with van der Waals surface area (Å²) in [5.74, 6) is 0.297. The highest BCUT2D eigenvalue weighted by Crippen LogP contribution is 2.23. The normalized spacial score (nSPS) is 22.5. The van der Waals surface area contributed by atoms with Gasteiger partial charge in [-0.3, -0.25) is 4.79 Å². The lowest BCUT2D eigenvalue weighted by Gasteiger charge is -2.16. The molecule has 1 aliphatic carbocycles. The lowest BCUT2D eigenvalue weighted by molar-refractivity contribution is -0.144. The van der Waals surface area contributed by atoms with Crippen LogP contribution in [-0.4, -0.2) is 5.97 Å². The summed E-state index contributed by atoms with van der Waals surface area (Å²) in [4.78, 5) is 12.8.